The Balaban J connectivity index is 2.20. The molecule has 0 unspecified atom stereocenters. The molecule has 0 aromatic heterocycles. The van der Waals surface area contributed by atoms with Crippen molar-refractivity contribution in [2.45, 2.75) is 19.4 Å². The van der Waals surface area contributed by atoms with E-state index in [4.69, 9.17) is 38.4 Å². The van der Waals surface area contributed by atoms with E-state index in [-0.39, 0.29) is 0 Å². The van der Waals surface area contributed by atoms with Gasteiger partial charge in [0.1, 0.15) is 6.61 Å². The number of hydrogen-bond donors (Lipinski definition) is 1. The maximum Gasteiger partial charge on any atom is 0.164 e. The van der Waals surface area contributed by atoms with Gasteiger partial charge in [0.25, 0.3) is 0 Å². The summed E-state index contributed by atoms with van der Waals surface area (Å²) in [5, 5.41) is 1.19. The van der Waals surface area contributed by atoms with Crippen LogP contribution in [0.1, 0.15) is 17.5 Å². The molecule has 22 heavy (non-hydrogen) atoms. The van der Waals surface area contributed by atoms with Crippen molar-refractivity contribution in [3.63, 3.8) is 0 Å². The first-order chi connectivity index (χ1) is 10.7. The Labute approximate surface area is 140 Å². The molecule has 0 radical (unpaired) electrons. The molecular formula is C17H19Cl2NO2. The van der Waals surface area contributed by atoms with Crippen LogP contribution in [-0.4, -0.2) is 13.7 Å². The summed E-state index contributed by atoms with van der Waals surface area (Å²) in [5.74, 6) is 1.45. The second-order valence-corrected chi connectivity index (χ2v) is 5.71. The Hall–Kier alpha value is -1.42. The van der Waals surface area contributed by atoms with Gasteiger partial charge in [0.05, 0.1) is 7.11 Å². The molecule has 2 N–H and O–H groups in total. The first-order valence-electron chi connectivity index (χ1n) is 7.08. The largest absolute Gasteiger partial charge is 0.493 e. The van der Waals surface area contributed by atoms with E-state index in [2.05, 4.69) is 0 Å². The second-order valence-electron chi connectivity index (χ2n) is 4.87. The van der Waals surface area contributed by atoms with Crippen molar-refractivity contribution in [3.05, 3.63) is 57.6 Å². The summed E-state index contributed by atoms with van der Waals surface area (Å²) in [5.41, 5.74) is 7.55. The normalized spacial score (nSPS) is 10.5. The fourth-order valence-corrected chi connectivity index (χ4v) is 2.63. The minimum Gasteiger partial charge on any atom is -0.493 e. The minimum atomic E-state index is 0.353. The highest BCUT2D eigenvalue weighted by molar-refractivity contribution is 6.35. The van der Waals surface area contributed by atoms with Gasteiger partial charge in [-0.05, 0) is 43.1 Å². The van der Waals surface area contributed by atoms with Crippen LogP contribution in [0.3, 0.4) is 0 Å². The van der Waals surface area contributed by atoms with Gasteiger partial charge >= 0.3 is 0 Å². The van der Waals surface area contributed by atoms with E-state index in [1.54, 1.807) is 19.2 Å². The fraction of sp³-hybridized carbons (Fsp3) is 0.294. The predicted molar refractivity (Wildman–Crippen MR) is 91.2 cm³/mol. The summed E-state index contributed by atoms with van der Waals surface area (Å²) in [6, 6.07) is 11.2. The third-order valence-corrected chi connectivity index (χ3v) is 3.90. The second kappa shape index (κ2) is 8.28. The van der Waals surface area contributed by atoms with Gasteiger partial charge in [-0.3, -0.25) is 0 Å². The molecule has 2 aromatic rings. The number of benzene rings is 2. The highest BCUT2D eigenvalue weighted by Gasteiger charge is 2.11. The predicted octanol–water partition coefficient (Wildman–Crippen LogP) is 4.47. The standard InChI is InChI=1S/C17H19Cl2NO2/c1-21-16-6-2-4-12(5-3-9-20)17(16)22-11-13-7-8-14(18)10-15(13)19/h2,4,6-8,10H,3,5,9,11,20H2,1H3. The molecule has 3 nitrogen and oxygen atoms in total. The van der Waals surface area contributed by atoms with E-state index < -0.39 is 0 Å². The highest BCUT2D eigenvalue weighted by Crippen LogP contribution is 2.33. The van der Waals surface area contributed by atoms with E-state index >= 15 is 0 Å². The van der Waals surface area contributed by atoms with Gasteiger partial charge in [0.15, 0.2) is 11.5 Å². The van der Waals surface area contributed by atoms with Crippen LogP contribution < -0.4 is 15.2 Å². The molecule has 0 aliphatic heterocycles. The zero-order valence-electron chi connectivity index (χ0n) is 12.4. The van der Waals surface area contributed by atoms with E-state index in [0.717, 1.165) is 29.7 Å². The van der Waals surface area contributed by atoms with Crippen molar-refractivity contribution in [2.24, 2.45) is 5.73 Å². The molecule has 2 aromatic carbocycles. The first kappa shape index (κ1) is 16.9. The van der Waals surface area contributed by atoms with Gasteiger partial charge in [-0.15, -0.1) is 0 Å². The third kappa shape index (κ3) is 4.29. The van der Waals surface area contributed by atoms with Crippen LogP contribution in [0.25, 0.3) is 0 Å². The fourth-order valence-electron chi connectivity index (χ4n) is 2.16. The summed E-state index contributed by atoms with van der Waals surface area (Å²) in [6.45, 7) is 0.992. The molecule has 0 amide bonds. The van der Waals surface area contributed by atoms with Crippen LogP contribution in [0, 0.1) is 0 Å². The Morgan fingerprint density at radius 2 is 1.91 bits per heavy atom. The number of halogens is 2. The van der Waals surface area contributed by atoms with Crippen LogP contribution in [0.2, 0.25) is 10.0 Å². The molecule has 118 valence electrons. The van der Waals surface area contributed by atoms with Crippen LogP contribution in [0.5, 0.6) is 11.5 Å². The van der Waals surface area contributed by atoms with Crippen molar-refractivity contribution in [1.29, 1.82) is 0 Å². The quantitative estimate of drug-likeness (QED) is 0.809. The molecule has 5 heteroatoms. The Bertz CT molecular complexity index is 632. The van der Waals surface area contributed by atoms with E-state index in [1.807, 2.05) is 24.3 Å². The average molecular weight is 340 g/mol. The van der Waals surface area contributed by atoms with Crippen LogP contribution in [0.4, 0.5) is 0 Å². The highest BCUT2D eigenvalue weighted by atomic mass is 35.5. The van der Waals surface area contributed by atoms with Crippen LogP contribution >= 0.6 is 23.2 Å². The number of nitrogens with two attached hydrogens (primary N) is 1. The maximum atomic E-state index is 6.18. The molecule has 0 saturated carbocycles. The Morgan fingerprint density at radius 1 is 1.09 bits per heavy atom. The molecule has 0 saturated heterocycles. The van der Waals surface area contributed by atoms with E-state index in [1.165, 1.54) is 0 Å². The summed E-state index contributed by atoms with van der Waals surface area (Å²) >= 11 is 12.1. The summed E-state index contributed by atoms with van der Waals surface area (Å²) in [7, 11) is 1.63. The van der Waals surface area contributed by atoms with Crippen molar-refractivity contribution in [2.75, 3.05) is 13.7 Å². The van der Waals surface area contributed by atoms with E-state index in [9.17, 15) is 0 Å². The molecule has 0 aliphatic rings. The van der Waals surface area contributed by atoms with Gasteiger partial charge in [-0.2, -0.15) is 0 Å². The Morgan fingerprint density at radius 3 is 2.59 bits per heavy atom. The molecule has 0 atom stereocenters. The first-order valence-corrected chi connectivity index (χ1v) is 7.84. The van der Waals surface area contributed by atoms with Crippen molar-refractivity contribution < 1.29 is 9.47 Å². The summed E-state index contributed by atoms with van der Waals surface area (Å²) in [4.78, 5) is 0. The van der Waals surface area contributed by atoms with Gasteiger partial charge in [-0.1, -0.05) is 41.4 Å². The minimum absolute atomic E-state index is 0.353. The number of hydrogen-bond acceptors (Lipinski definition) is 3. The Kier molecular flexibility index (Phi) is 6.37. The molecule has 0 heterocycles. The van der Waals surface area contributed by atoms with Crippen molar-refractivity contribution in [3.8, 4) is 11.5 Å². The lowest BCUT2D eigenvalue weighted by atomic mass is 10.1. The van der Waals surface area contributed by atoms with Crippen LogP contribution in [-0.2, 0) is 13.0 Å². The third-order valence-electron chi connectivity index (χ3n) is 3.32. The number of aryl methyl sites for hydroxylation is 1. The monoisotopic (exact) mass is 339 g/mol. The number of ether oxygens (including phenoxy) is 2. The number of rotatable bonds is 7. The lowest BCUT2D eigenvalue weighted by Gasteiger charge is -2.15. The lowest BCUT2D eigenvalue weighted by Crippen LogP contribution is -2.04. The SMILES string of the molecule is COc1cccc(CCCN)c1OCc1ccc(Cl)cc1Cl. The topological polar surface area (TPSA) is 44.5 Å². The molecular weight excluding hydrogens is 321 g/mol. The van der Waals surface area contributed by atoms with E-state index in [0.29, 0.717) is 28.9 Å². The van der Waals surface area contributed by atoms with Crippen molar-refractivity contribution in [1.82, 2.24) is 0 Å². The van der Waals surface area contributed by atoms with Crippen LogP contribution in [0.15, 0.2) is 36.4 Å². The molecule has 0 bridgehead atoms. The van der Waals surface area contributed by atoms with Gasteiger partial charge in [0, 0.05) is 15.6 Å². The van der Waals surface area contributed by atoms with Crippen molar-refractivity contribution >= 4 is 23.2 Å². The summed E-state index contributed by atoms with van der Waals surface area (Å²) < 4.78 is 11.4. The molecule has 2 rings (SSSR count). The molecule has 0 aliphatic carbocycles. The average Bonchev–Trinajstić information content (AvgIpc) is 2.52. The number of methoxy groups -OCH3 is 1. The maximum absolute atomic E-state index is 6.18. The number of para-hydroxylation sites is 1. The smallest absolute Gasteiger partial charge is 0.164 e. The summed E-state index contributed by atoms with van der Waals surface area (Å²) in [6.07, 6.45) is 1.74. The molecule has 0 spiro atoms. The zero-order chi connectivity index (χ0) is 15.9. The van der Waals surface area contributed by atoms with Gasteiger partial charge < -0.3 is 15.2 Å². The zero-order valence-corrected chi connectivity index (χ0v) is 14.0. The van der Waals surface area contributed by atoms with Gasteiger partial charge in [-0.25, -0.2) is 0 Å². The molecule has 0 fully saturated rings. The lowest BCUT2D eigenvalue weighted by molar-refractivity contribution is 0.281. The van der Waals surface area contributed by atoms with Gasteiger partial charge in [0.2, 0.25) is 0 Å².